The fraction of sp³-hybridized carbons (Fsp3) is 0.939. The minimum atomic E-state index is -0.345. The molecule has 1 rings (SSSR count). The van der Waals surface area contributed by atoms with Crippen LogP contribution in [0.25, 0.3) is 0 Å². The van der Waals surface area contributed by atoms with Crippen molar-refractivity contribution in [2.24, 2.45) is 23.2 Å². The second-order valence-electron chi connectivity index (χ2n) is 12.8. The van der Waals surface area contributed by atoms with Crippen LogP contribution in [0.4, 0.5) is 0 Å². The minimum Gasteiger partial charge on any atom is -0.469 e. The van der Waals surface area contributed by atoms with Crippen LogP contribution in [0.1, 0.15) is 163 Å². The predicted molar refractivity (Wildman–Crippen MR) is 156 cm³/mol. The van der Waals surface area contributed by atoms with Crippen LogP contribution in [-0.4, -0.2) is 25.2 Å². The molecule has 37 heavy (non-hydrogen) atoms. The summed E-state index contributed by atoms with van der Waals surface area (Å²) in [6.45, 7) is 11.6. The second kappa shape index (κ2) is 19.9. The van der Waals surface area contributed by atoms with Crippen molar-refractivity contribution in [3.8, 4) is 0 Å². The molecule has 0 saturated heterocycles. The summed E-state index contributed by atoms with van der Waals surface area (Å²) in [7, 11) is 1.37. The highest BCUT2D eigenvalue weighted by Gasteiger charge is 2.46. The van der Waals surface area contributed by atoms with Gasteiger partial charge >= 0.3 is 11.9 Å². The Balaban J connectivity index is 2.64. The number of rotatable bonds is 21. The topological polar surface area (TPSA) is 52.6 Å². The first-order valence-electron chi connectivity index (χ1n) is 16.0. The highest BCUT2D eigenvalue weighted by Crippen LogP contribution is 2.52. The van der Waals surface area contributed by atoms with Gasteiger partial charge in [-0.15, -0.1) is 0 Å². The molecular weight excluding hydrogens is 460 g/mol. The van der Waals surface area contributed by atoms with Crippen molar-refractivity contribution in [3.05, 3.63) is 0 Å². The third kappa shape index (κ3) is 14.6. The smallest absolute Gasteiger partial charge is 0.306 e. The Hall–Kier alpha value is -1.06. The lowest BCUT2D eigenvalue weighted by Gasteiger charge is -2.50. The summed E-state index contributed by atoms with van der Waals surface area (Å²) in [4.78, 5) is 24.2. The fourth-order valence-corrected chi connectivity index (χ4v) is 7.02. The molecular formula is C33H62O4. The number of carbonyl (C=O) groups is 2. The van der Waals surface area contributed by atoms with Crippen LogP contribution in [0.3, 0.4) is 0 Å². The molecule has 0 bridgehead atoms. The number of unbranched alkanes of at least 4 members (excludes halogenated alkanes) is 11. The van der Waals surface area contributed by atoms with Gasteiger partial charge in [-0.1, -0.05) is 112 Å². The fourth-order valence-electron chi connectivity index (χ4n) is 7.02. The molecule has 1 aliphatic carbocycles. The number of hydrogen-bond donors (Lipinski definition) is 0. The monoisotopic (exact) mass is 522 g/mol. The molecule has 4 heteroatoms. The first kappa shape index (κ1) is 34.0. The Bertz CT molecular complexity index is 587. The van der Waals surface area contributed by atoms with Gasteiger partial charge in [-0.2, -0.15) is 0 Å². The van der Waals surface area contributed by atoms with Crippen molar-refractivity contribution >= 4 is 11.9 Å². The second-order valence-corrected chi connectivity index (χ2v) is 12.8. The number of carbonyl (C=O) groups excluding carboxylic acids is 2. The Morgan fingerprint density at radius 2 is 1.24 bits per heavy atom. The van der Waals surface area contributed by atoms with Crippen LogP contribution in [0.5, 0.6) is 0 Å². The van der Waals surface area contributed by atoms with E-state index in [1.165, 1.54) is 103 Å². The van der Waals surface area contributed by atoms with Gasteiger partial charge in [-0.3, -0.25) is 9.59 Å². The van der Waals surface area contributed by atoms with Gasteiger partial charge in [0.2, 0.25) is 0 Å². The average Bonchev–Trinajstić information content (AvgIpc) is 2.83. The van der Waals surface area contributed by atoms with Crippen LogP contribution in [0, 0.1) is 23.2 Å². The van der Waals surface area contributed by atoms with E-state index in [-0.39, 0.29) is 36.3 Å². The molecule has 1 aliphatic rings. The lowest BCUT2D eigenvalue weighted by atomic mass is 9.57. The number of ether oxygens (including phenoxy) is 2. The van der Waals surface area contributed by atoms with Gasteiger partial charge in [-0.05, 0) is 55.8 Å². The zero-order chi connectivity index (χ0) is 27.5. The van der Waals surface area contributed by atoms with E-state index in [9.17, 15) is 9.59 Å². The van der Waals surface area contributed by atoms with Gasteiger partial charge in [-0.25, -0.2) is 0 Å². The van der Waals surface area contributed by atoms with Crippen molar-refractivity contribution in [1.82, 2.24) is 0 Å². The number of methoxy groups -OCH3 is 1. The van der Waals surface area contributed by atoms with Gasteiger partial charge < -0.3 is 9.47 Å². The van der Waals surface area contributed by atoms with E-state index in [1.54, 1.807) is 0 Å². The highest BCUT2D eigenvalue weighted by atomic mass is 16.5. The Labute approximate surface area is 230 Å². The third-order valence-electron chi connectivity index (χ3n) is 8.44. The molecule has 4 nitrogen and oxygen atoms in total. The van der Waals surface area contributed by atoms with Crippen LogP contribution < -0.4 is 0 Å². The Morgan fingerprint density at radius 3 is 1.73 bits per heavy atom. The normalized spacial score (nSPS) is 19.4. The summed E-state index contributed by atoms with van der Waals surface area (Å²) in [6.07, 6.45) is 23.5. The maximum atomic E-state index is 12.7. The first-order valence-corrected chi connectivity index (χ1v) is 16.0. The van der Waals surface area contributed by atoms with Crippen molar-refractivity contribution in [2.45, 2.75) is 169 Å². The number of hydrogen-bond acceptors (Lipinski definition) is 4. The molecule has 0 aromatic carbocycles. The van der Waals surface area contributed by atoms with Crippen molar-refractivity contribution < 1.29 is 19.1 Å². The molecule has 2 atom stereocenters. The molecule has 0 aromatic heterocycles. The van der Waals surface area contributed by atoms with Gasteiger partial charge in [0.1, 0.15) is 6.10 Å². The summed E-state index contributed by atoms with van der Waals surface area (Å²) in [5, 5.41) is 0. The predicted octanol–water partition coefficient (Wildman–Crippen LogP) is 9.82. The van der Waals surface area contributed by atoms with Crippen LogP contribution in [0.15, 0.2) is 0 Å². The largest absolute Gasteiger partial charge is 0.469 e. The zero-order valence-electron chi connectivity index (χ0n) is 25.6. The zero-order valence-corrected chi connectivity index (χ0v) is 25.6. The summed E-state index contributed by atoms with van der Waals surface area (Å²) in [6, 6.07) is 0. The quantitative estimate of drug-likeness (QED) is 0.111. The minimum absolute atomic E-state index is 0.0101. The van der Waals surface area contributed by atoms with E-state index in [1.807, 2.05) is 0 Å². The Kier molecular flexibility index (Phi) is 18.3. The first-order chi connectivity index (χ1) is 17.7. The van der Waals surface area contributed by atoms with Crippen molar-refractivity contribution in [3.63, 3.8) is 0 Å². The molecule has 0 N–H and O–H groups in total. The Morgan fingerprint density at radius 1 is 0.757 bits per heavy atom. The van der Waals surface area contributed by atoms with E-state index in [0.29, 0.717) is 17.8 Å². The average molecular weight is 523 g/mol. The molecule has 0 radical (unpaired) electrons. The molecule has 2 unspecified atom stereocenters. The van der Waals surface area contributed by atoms with Gasteiger partial charge in [0.05, 0.1) is 20.0 Å². The third-order valence-corrected chi connectivity index (χ3v) is 8.44. The molecule has 1 fully saturated rings. The maximum absolute atomic E-state index is 12.7. The highest BCUT2D eigenvalue weighted by molar-refractivity contribution is 5.77. The molecule has 0 heterocycles. The maximum Gasteiger partial charge on any atom is 0.306 e. The van der Waals surface area contributed by atoms with E-state index in [2.05, 4.69) is 34.6 Å². The van der Waals surface area contributed by atoms with E-state index in [0.717, 1.165) is 19.3 Å². The molecule has 0 aliphatic heterocycles. The summed E-state index contributed by atoms with van der Waals surface area (Å²) < 4.78 is 10.8. The molecule has 0 amide bonds. The SMILES string of the molecule is CCCCCCCCCCCCCCC1C(OC(=O)CCC(=O)OC)CCCC1(CC(C)C)CC(C)C. The molecule has 1 saturated carbocycles. The van der Waals surface area contributed by atoms with Gasteiger partial charge in [0.15, 0.2) is 0 Å². The van der Waals surface area contributed by atoms with Crippen molar-refractivity contribution in [1.29, 1.82) is 0 Å². The molecule has 0 aromatic rings. The van der Waals surface area contributed by atoms with Crippen LogP contribution >= 0.6 is 0 Å². The molecule has 218 valence electrons. The van der Waals surface area contributed by atoms with Gasteiger partial charge in [0.25, 0.3) is 0 Å². The summed E-state index contributed by atoms with van der Waals surface area (Å²) >= 11 is 0. The van der Waals surface area contributed by atoms with E-state index < -0.39 is 0 Å². The lowest BCUT2D eigenvalue weighted by molar-refractivity contribution is -0.163. The van der Waals surface area contributed by atoms with E-state index in [4.69, 9.17) is 9.47 Å². The van der Waals surface area contributed by atoms with E-state index >= 15 is 0 Å². The van der Waals surface area contributed by atoms with Gasteiger partial charge in [0, 0.05) is 5.92 Å². The lowest BCUT2D eigenvalue weighted by Crippen LogP contribution is -2.45. The summed E-state index contributed by atoms with van der Waals surface area (Å²) in [5.41, 5.74) is 0.256. The number of esters is 2. The van der Waals surface area contributed by atoms with Crippen LogP contribution in [0.2, 0.25) is 0 Å². The van der Waals surface area contributed by atoms with Crippen molar-refractivity contribution in [2.75, 3.05) is 7.11 Å². The van der Waals surface area contributed by atoms with Crippen LogP contribution in [-0.2, 0) is 19.1 Å². The standard InChI is InChI=1S/C33H62O4/c1-7-8-9-10-11-12-13-14-15-16-17-18-20-29-30(37-32(35)23-22-31(34)36-6)21-19-24-33(29,25-27(2)3)26-28(4)5/h27-30H,7-26H2,1-6H3. The summed E-state index contributed by atoms with van der Waals surface area (Å²) in [5.74, 6) is 1.12. The molecule has 0 spiro atoms.